The number of nitrogens with zero attached hydrogens (tertiary/aromatic N) is 2. The number of hydrogen-bond acceptors (Lipinski definition) is 4. The highest BCUT2D eigenvalue weighted by molar-refractivity contribution is 7.89. The molecule has 8 nitrogen and oxygen atoms in total. The van der Waals surface area contributed by atoms with Crippen molar-refractivity contribution < 1.29 is 27.3 Å². The molecule has 2 fully saturated rings. The Morgan fingerprint density at radius 1 is 1.19 bits per heavy atom. The van der Waals surface area contributed by atoms with Gasteiger partial charge in [0.25, 0.3) is 5.91 Å². The quantitative estimate of drug-likeness (QED) is 0.671. The van der Waals surface area contributed by atoms with Gasteiger partial charge in [0.1, 0.15) is 5.82 Å². The summed E-state index contributed by atoms with van der Waals surface area (Å²) in [5.41, 5.74) is 0. The van der Waals surface area contributed by atoms with Gasteiger partial charge in [-0.2, -0.15) is 4.31 Å². The van der Waals surface area contributed by atoms with Gasteiger partial charge in [-0.05, 0) is 31.2 Å². The van der Waals surface area contributed by atoms with Crippen LogP contribution < -0.4 is 10.2 Å². The number of rotatable bonds is 4. The number of benzene rings is 1. The van der Waals surface area contributed by atoms with Gasteiger partial charge >= 0.3 is 6.03 Å². The Kier molecular flexibility index (Phi) is 5.26. The van der Waals surface area contributed by atoms with Gasteiger partial charge in [-0.1, -0.05) is 0 Å². The minimum absolute atomic E-state index is 0.0558. The second kappa shape index (κ2) is 7.29. The van der Waals surface area contributed by atoms with Gasteiger partial charge in [0.2, 0.25) is 10.0 Å². The molecule has 1 atom stereocenters. The van der Waals surface area contributed by atoms with Crippen molar-refractivity contribution >= 4 is 22.0 Å². The number of urea groups is 1. The van der Waals surface area contributed by atoms with Gasteiger partial charge in [0, 0.05) is 13.1 Å². The van der Waals surface area contributed by atoms with Crippen molar-refractivity contribution in [3.63, 3.8) is 0 Å². The maximum Gasteiger partial charge on any atom is 0.324 e. The second-order valence-electron chi connectivity index (χ2n) is 6.46. The van der Waals surface area contributed by atoms with Crippen LogP contribution in [0.2, 0.25) is 0 Å². The van der Waals surface area contributed by atoms with Crippen LogP contribution in [0.4, 0.5) is 9.18 Å². The average molecular weight is 385 g/mol. The molecule has 1 aromatic rings. The van der Waals surface area contributed by atoms with E-state index in [0.29, 0.717) is 26.2 Å². The fourth-order valence-corrected chi connectivity index (χ4v) is 4.73. The summed E-state index contributed by atoms with van der Waals surface area (Å²) >= 11 is 0. The van der Waals surface area contributed by atoms with Crippen LogP contribution in [0.1, 0.15) is 6.92 Å². The van der Waals surface area contributed by atoms with Gasteiger partial charge in [0.05, 0.1) is 31.1 Å². The number of nitrogens with one attached hydrogen (secondary N) is 2. The highest BCUT2D eigenvalue weighted by Gasteiger charge is 2.38. The van der Waals surface area contributed by atoms with E-state index in [1.54, 1.807) is 6.92 Å². The number of imide groups is 1. The summed E-state index contributed by atoms with van der Waals surface area (Å²) in [6.45, 7) is 4.02. The van der Waals surface area contributed by atoms with Crippen LogP contribution in [0.15, 0.2) is 29.2 Å². The van der Waals surface area contributed by atoms with Gasteiger partial charge < -0.3 is 10.2 Å². The molecule has 2 N–H and O–H groups in total. The SMILES string of the molecule is C[C@@H](C(=O)N1CCNC1=O)[NH+]1CCN(S(=O)(=O)c2ccc(F)cc2)CC1. The zero-order valence-corrected chi connectivity index (χ0v) is 15.3. The number of sulfonamides is 1. The highest BCUT2D eigenvalue weighted by Crippen LogP contribution is 2.16. The van der Waals surface area contributed by atoms with Gasteiger partial charge in [-0.25, -0.2) is 17.6 Å². The number of quaternary nitrogens is 1. The monoisotopic (exact) mass is 385 g/mol. The molecule has 1 aromatic carbocycles. The lowest BCUT2D eigenvalue weighted by Crippen LogP contribution is -3.19. The van der Waals surface area contributed by atoms with Crippen molar-refractivity contribution in [3.8, 4) is 0 Å². The molecule has 2 aliphatic heterocycles. The normalized spacial score (nSPS) is 20.8. The third kappa shape index (κ3) is 3.57. The molecule has 3 amide bonds. The van der Waals surface area contributed by atoms with E-state index in [4.69, 9.17) is 0 Å². The lowest BCUT2D eigenvalue weighted by Gasteiger charge is -2.34. The van der Waals surface area contributed by atoms with Gasteiger partial charge in [0.15, 0.2) is 6.04 Å². The molecule has 142 valence electrons. The molecule has 2 saturated heterocycles. The molecule has 0 saturated carbocycles. The molecule has 0 unspecified atom stereocenters. The van der Waals surface area contributed by atoms with Crippen LogP contribution >= 0.6 is 0 Å². The number of piperazine rings is 1. The summed E-state index contributed by atoms with van der Waals surface area (Å²) in [4.78, 5) is 26.3. The summed E-state index contributed by atoms with van der Waals surface area (Å²) in [6, 6.07) is 3.95. The lowest BCUT2D eigenvalue weighted by molar-refractivity contribution is -0.917. The third-order valence-corrected chi connectivity index (χ3v) is 6.83. The Balaban J connectivity index is 1.62. The maximum absolute atomic E-state index is 13.0. The predicted molar refractivity (Wildman–Crippen MR) is 90.4 cm³/mol. The van der Waals surface area contributed by atoms with Crippen molar-refractivity contribution in [2.24, 2.45) is 0 Å². The Morgan fingerprint density at radius 3 is 2.35 bits per heavy atom. The van der Waals surface area contributed by atoms with E-state index in [-0.39, 0.29) is 29.9 Å². The Hall–Kier alpha value is -2.04. The first kappa shape index (κ1) is 18.7. The molecule has 2 heterocycles. The molecule has 0 aliphatic carbocycles. The summed E-state index contributed by atoms with van der Waals surface area (Å²) in [7, 11) is -3.68. The molecule has 26 heavy (non-hydrogen) atoms. The Bertz CT molecular complexity index is 791. The van der Waals surface area contributed by atoms with E-state index in [0.717, 1.165) is 17.0 Å². The van der Waals surface area contributed by atoms with Crippen LogP contribution in [-0.4, -0.2) is 74.9 Å². The zero-order chi connectivity index (χ0) is 18.9. The molecule has 2 aliphatic rings. The van der Waals surface area contributed by atoms with Crippen LogP contribution in [0, 0.1) is 5.82 Å². The number of halogens is 1. The largest absolute Gasteiger partial charge is 0.336 e. The average Bonchev–Trinajstić information content (AvgIpc) is 3.07. The number of carbonyl (C=O) groups excluding carboxylic acids is 2. The fraction of sp³-hybridized carbons (Fsp3) is 0.500. The van der Waals surface area contributed by atoms with Gasteiger partial charge in [-0.3, -0.25) is 9.69 Å². The van der Waals surface area contributed by atoms with E-state index < -0.39 is 21.9 Å². The van der Waals surface area contributed by atoms with E-state index >= 15 is 0 Å². The van der Waals surface area contributed by atoms with Crippen LogP contribution in [-0.2, 0) is 14.8 Å². The summed E-state index contributed by atoms with van der Waals surface area (Å²) in [6.07, 6.45) is 0. The van der Waals surface area contributed by atoms with Crippen molar-refractivity contribution in [1.29, 1.82) is 0 Å². The molecule has 0 bridgehead atoms. The minimum atomic E-state index is -3.68. The maximum atomic E-state index is 13.0. The van der Waals surface area contributed by atoms with E-state index in [2.05, 4.69) is 5.32 Å². The predicted octanol–water partition coefficient (Wildman–Crippen LogP) is -1.34. The molecule has 10 heteroatoms. The molecule has 3 rings (SSSR count). The molecular weight excluding hydrogens is 363 g/mol. The number of carbonyl (C=O) groups is 2. The van der Waals surface area contributed by atoms with E-state index in [9.17, 15) is 22.4 Å². The Labute approximate surface area is 151 Å². The highest BCUT2D eigenvalue weighted by atomic mass is 32.2. The molecule has 0 radical (unpaired) electrons. The molecule has 0 spiro atoms. The lowest BCUT2D eigenvalue weighted by atomic mass is 10.2. The topological polar surface area (TPSA) is 91.2 Å². The van der Waals surface area contributed by atoms with Crippen molar-refractivity contribution in [2.75, 3.05) is 39.3 Å². The zero-order valence-electron chi connectivity index (χ0n) is 14.4. The fourth-order valence-electron chi connectivity index (χ4n) is 3.29. The van der Waals surface area contributed by atoms with Gasteiger partial charge in [-0.15, -0.1) is 0 Å². The smallest absolute Gasteiger partial charge is 0.324 e. The second-order valence-corrected chi connectivity index (χ2v) is 8.40. The Morgan fingerprint density at radius 2 is 1.81 bits per heavy atom. The summed E-state index contributed by atoms with van der Waals surface area (Å²) < 4.78 is 39.6. The first-order valence-electron chi connectivity index (χ1n) is 8.50. The van der Waals surface area contributed by atoms with Crippen molar-refractivity contribution in [1.82, 2.24) is 14.5 Å². The van der Waals surface area contributed by atoms with Crippen LogP contribution in [0.3, 0.4) is 0 Å². The standard InChI is InChI=1S/C16H21FN4O4S/c1-12(15(22)21-7-6-18-16(21)23)19-8-10-20(11-9-19)26(24,25)14-4-2-13(17)3-5-14/h2-5,12H,6-11H2,1H3,(H,18,23)/p+1/t12-/m0/s1. The minimum Gasteiger partial charge on any atom is -0.336 e. The molecule has 0 aromatic heterocycles. The van der Waals surface area contributed by atoms with Crippen LogP contribution in [0.25, 0.3) is 0 Å². The summed E-state index contributed by atoms with van der Waals surface area (Å²) in [5.74, 6) is -0.735. The first-order chi connectivity index (χ1) is 12.3. The van der Waals surface area contributed by atoms with E-state index in [1.807, 2.05) is 0 Å². The first-order valence-corrected chi connectivity index (χ1v) is 9.94. The molecular formula is C16H22FN4O4S+. The van der Waals surface area contributed by atoms with Crippen LogP contribution in [0.5, 0.6) is 0 Å². The van der Waals surface area contributed by atoms with Crippen molar-refractivity contribution in [2.45, 2.75) is 17.9 Å². The van der Waals surface area contributed by atoms with E-state index in [1.165, 1.54) is 21.3 Å². The third-order valence-electron chi connectivity index (χ3n) is 4.92. The number of amides is 3. The number of hydrogen-bond donors (Lipinski definition) is 2. The van der Waals surface area contributed by atoms with Crippen molar-refractivity contribution in [3.05, 3.63) is 30.1 Å². The summed E-state index contributed by atoms with van der Waals surface area (Å²) in [5, 5.41) is 2.60.